The van der Waals surface area contributed by atoms with E-state index in [1.807, 2.05) is 30.3 Å². The Balaban J connectivity index is 1.82. The first kappa shape index (κ1) is 15.6. The molecule has 0 unspecified atom stereocenters. The lowest BCUT2D eigenvalue weighted by Crippen LogP contribution is -2.36. The summed E-state index contributed by atoms with van der Waals surface area (Å²) in [4.78, 5) is 2.30. The smallest absolute Gasteiger partial charge is 0.0998 e. The number of halogens is 1. The van der Waals surface area contributed by atoms with Crippen LogP contribution in [0.25, 0.3) is 11.6 Å². The highest BCUT2D eigenvalue weighted by atomic mass is 35.5. The minimum atomic E-state index is 0.603. The van der Waals surface area contributed by atoms with Crippen LogP contribution in [0.5, 0.6) is 0 Å². The van der Waals surface area contributed by atoms with Crippen molar-refractivity contribution in [3.8, 4) is 6.07 Å². The third-order valence-corrected chi connectivity index (χ3v) is 4.07. The number of hydrogen-bond donors (Lipinski definition) is 0. The Morgan fingerprint density at radius 3 is 2.52 bits per heavy atom. The van der Waals surface area contributed by atoms with Crippen LogP contribution in [0.1, 0.15) is 11.1 Å². The SMILES string of the molecule is N#C/C(=C/c1ccc(N2CCOCC2)cc1)c1cccc(Cl)c1. The van der Waals surface area contributed by atoms with Gasteiger partial charge in [-0.25, -0.2) is 0 Å². The van der Waals surface area contributed by atoms with E-state index < -0.39 is 0 Å². The molecule has 1 heterocycles. The van der Waals surface area contributed by atoms with Crippen LogP contribution >= 0.6 is 11.6 Å². The van der Waals surface area contributed by atoms with Crippen molar-refractivity contribution in [3.05, 3.63) is 64.7 Å². The van der Waals surface area contributed by atoms with Crippen LogP contribution < -0.4 is 4.90 Å². The second-order valence-corrected chi connectivity index (χ2v) is 5.81. The van der Waals surface area contributed by atoms with E-state index in [1.165, 1.54) is 5.69 Å². The molecule has 1 aliphatic heterocycles. The summed E-state index contributed by atoms with van der Waals surface area (Å²) in [5.41, 5.74) is 3.62. The second kappa shape index (κ2) is 7.32. The third-order valence-electron chi connectivity index (χ3n) is 3.84. The monoisotopic (exact) mass is 324 g/mol. The summed E-state index contributed by atoms with van der Waals surface area (Å²) >= 11 is 6.00. The lowest BCUT2D eigenvalue weighted by molar-refractivity contribution is 0.122. The molecule has 1 saturated heterocycles. The molecule has 0 aromatic heterocycles. The number of morpholine rings is 1. The molecule has 0 radical (unpaired) electrons. The molecular weight excluding hydrogens is 308 g/mol. The highest BCUT2D eigenvalue weighted by molar-refractivity contribution is 6.30. The van der Waals surface area contributed by atoms with Gasteiger partial charge in [0.25, 0.3) is 0 Å². The van der Waals surface area contributed by atoms with E-state index in [-0.39, 0.29) is 0 Å². The van der Waals surface area contributed by atoms with Crippen molar-refractivity contribution in [2.75, 3.05) is 31.2 Å². The number of benzene rings is 2. The highest BCUT2D eigenvalue weighted by Gasteiger charge is 2.10. The summed E-state index contributed by atoms with van der Waals surface area (Å²) in [6.07, 6.45) is 1.88. The molecule has 116 valence electrons. The predicted molar refractivity (Wildman–Crippen MR) is 94.4 cm³/mol. The number of nitriles is 1. The predicted octanol–water partition coefficient (Wildman–Crippen LogP) is 4.24. The maximum absolute atomic E-state index is 9.41. The first-order chi connectivity index (χ1) is 11.3. The molecule has 2 aromatic carbocycles. The zero-order valence-corrected chi connectivity index (χ0v) is 13.5. The molecule has 1 aliphatic rings. The molecule has 2 aromatic rings. The Kier molecular flexibility index (Phi) is 4.97. The zero-order valence-electron chi connectivity index (χ0n) is 12.7. The summed E-state index contributed by atoms with van der Waals surface area (Å²) in [6.45, 7) is 3.38. The summed E-state index contributed by atoms with van der Waals surface area (Å²) in [5.74, 6) is 0. The van der Waals surface area contributed by atoms with E-state index in [2.05, 4.69) is 23.1 Å². The molecule has 3 rings (SSSR count). The lowest BCUT2D eigenvalue weighted by Gasteiger charge is -2.28. The maximum Gasteiger partial charge on any atom is 0.0998 e. The van der Waals surface area contributed by atoms with Crippen LogP contribution in [0, 0.1) is 11.3 Å². The van der Waals surface area contributed by atoms with Crippen molar-refractivity contribution in [1.82, 2.24) is 0 Å². The van der Waals surface area contributed by atoms with Gasteiger partial charge in [-0.3, -0.25) is 0 Å². The molecule has 4 heteroatoms. The van der Waals surface area contributed by atoms with E-state index in [9.17, 15) is 5.26 Å². The van der Waals surface area contributed by atoms with Crippen molar-refractivity contribution in [3.63, 3.8) is 0 Å². The van der Waals surface area contributed by atoms with E-state index in [1.54, 1.807) is 12.1 Å². The Morgan fingerprint density at radius 1 is 1.13 bits per heavy atom. The maximum atomic E-state index is 9.41. The summed E-state index contributed by atoms with van der Waals surface area (Å²) < 4.78 is 5.37. The highest BCUT2D eigenvalue weighted by Crippen LogP contribution is 2.23. The van der Waals surface area contributed by atoms with Crippen molar-refractivity contribution in [1.29, 1.82) is 5.26 Å². The van der Waals surface area contributed by atoms with Gasteiger partial charge < -0.3 is 9.64 Å². The van der Waals surface area contributed by atoms with Gasteiger partial charge >= 0.3 is 0 Å². The molecule has 0 N–H and O–H groups in total. The number of rotatable bonds is 3. The quantitative estimate of drug-likeness (QED) is 0.626. The van der Waals surface area contributed by atoms with Crippen molar-refractivity contribution in [2.45, 2.75) is 0 Å². The topological polar surface area (TPSA) is 36.3 Å². The van der Waals surface area contributed by atoms with Gasteiger partial charge in [-0.1, -0.05) is 35.9 Å². The summed E-state index contributed by atoms with van der Waals surface area (Å²) in [6, 6.07) is 17.8. The molecular formula is C19H17ClN2O. The molecule has 0 bridgehead atoms. The van der Waals surface area contributed by atoms with Gasteiger partial charge in [0.15, 0.2) is 0 Å². The standard InChI is InChI=1S/C19H17ClN2O/c20-18-3-1-2-16(13-18)17(14-21)12-15-4-6-19(7-5-15)22-8-10-23-11-9-22/h1-7,12-13H,8-11H2/b17-12-. The fourth-order valence-electron chi connectivity index (χ4n) is 2.61. The number of nitrogens with zero attached hydrogens (tertiary/aromatic N) is 2. The Bertz CT molecular complexity index is 741. The van der Waals surface area contributed by atoms with Crippen molar-refractivity contribution in [2.24, 2.45) is 0 Å². The van der Waals surface area contributed by atoms with E-state index >= 15 is 0 Å². The normalized spacial score (nSPS) is 15.3. The molecule has 0 atom stereocenters. The minimum absolute atomic E-state index is 0.603. The largest absolute Gasteiger partial charge is 0.378 e. The van der Waals surface area contributed by atoms with Crippen molar-refractivity contribution >= 4 is 28.9 Å². The molecule has 0 saturated carbocycles. The average Bonchev–Trinajstić information content (AvgIpc) is 2.61. The third kappa shape index (κ3) is 3.92. The molecule has 0 amide bonds. The minimum Gasteiger partial charge on any atom is -0.378 e. The number of ether oxygens (including phenoxy) is 1. The van der Waals surface area contributed by atoms with E-state index in [4.69, 9.17) is 16.3 Å². The van der Waals surface area contributed by atoms with Gasteiger partial charge in [0.2, 0.25) is 0 Å². The summed E-state index contributed by atoms with van der Waals surface area (Å²) in [7, 11) is 0. The Labute approximate surface area is 141 Å². The number of anilines is 1. The van der Waals surface area contributed by atoms with Crippen LogP contribution in [0.15, 0.2) is 48.5 Å². The van der Waals surface area contributed by atoms with Gasteiger partial charge in [-0.15, -0.1) is 0 Å². The lowest BCUT2D eigenvalue weighted by atomic mass is 10.0. The van der Waals surface area contributed by atoms with Crippen LogP contribution in [-0.2, 0) is 4.74 Å². The Hall–Kier alpha value is -2.28. The van der Waals surface area contributed by atoms with Gasteiger partial charge in [-0.2, -0.15) is 5.26 Å². The first-order valence-electron chi connectivity index (χ1n) is 7.57. The number of hydrogen-bond acceptors (Lipinski definition) is 3. The van der Waals surface area contributed by atoms with Crippen molar-refractivity contribution < 1.29 is 4.74 Å². The summed E-state index contributed by atoms with van der Waals surface area (Å²) in [5, 5.41) is 10.0. The van der Waals surface area contributed by atoms with Gasteiger partial charge in [0.1, 0.15) is 0 Å². The molecule has 1 fully saturated rings. The van der Waals surface area contributed by atoms with Crippen LogP contribution in [0.3, 0.4) is 0 Å². The van der Waals surface area contributed by atoms with E-state index in [0.29, 0.717) is 10.6 Å². The molecule has 23 heavy (non-hydrogen) atoms. The van der Waals surface area contributed by atoms with Crippen LogP contribution in [0.4, 0.5) is 5.69 Å². The second-order valence-electron chi connectivity index (χ2n) is 5.37. The fourth-order valence-corrected chi connectivity index (χ4v) is 2.80. The van der Waals surface area contributed by atoms with Crippen LogP contribution in [-0.4, -0.2) is 26.3 Å². The fraction of sp³-hybridized carbons (Fsp3) is 0.211. The molecule has 0 spiro atoms. The van der Waals surface area contributed by atoms with Gasteiger partial charge in [0, 0.05) is 23.8 Å². The molecule has 0 aliphatic carbocycles. The average molecular weight is 325 g/mol. The molecule has 3 nitrogen and oxygen atoms in total. The zero-order chi connectivity index (χ0) is 16.1. The van der Waals surface area contributed by atoms with Gasteiger partial charge in [0.05, 0.1) is 24.9 Å². The van der Waals surface area contributed by atoms with Crippen LogP contribution in [0.2, 0.25) is 5.02 Å². The number of allylic oxidation sites excluding steroid dienone is 1. The van der Waals surface area contributed by atoms with E-state index in [0.717, 1.165) is 37.4 Å². The Morgan fingerprint density at radius 2 is 1.87 bits per heavy atom. The first-order valence-corrected chi connectivity index (χ1v) is 7.94. The van der Waals surface area contributed by atoms with Gasteiger partial charge in [-0.05, 0) is 41.5 Å².